The number of rotatable bonds is 5. The molecule has 0 unspecified atom stereocenters. The second-order valence-electron chi connectivity index (χ2n) is 6.92. The molecule has 4 aromatic rings. The smallest absolute Gasteiger partial charge is 0.263 e. The van der Waals surface area contributed by atoms with E-state index in [2.05, 4.69) is 18.7 Å². The van der Waals surface area contributed by atoms with Gasteiger partial charge in [0.1, 0.15) is 4.83 Å². The highest BCUT2D eigenvalue weighted by Crippen LogP contribution is 2.35. The van der Waals surface area contributed by atoms with E-state index < -0.39 is 0 Å². The summed E-state index contributed by atoms with van der Waals surface area (Å²) in [5.41, 5.74) is 3.26. The van der Waals surface area contributed by atoms with Crippen LogP contribution in [0, 0.1) is 0 Å². The Hall–Kier alpha value is -2.44. The third-order valence-electron chi connectivity index (χ3n) is 5.11. The molecule has 1 aliphatic carbocycles. The third kappa shape index (κ3) is 2.97. The molecule has 0 N–H and O–H groups in total. The minimum absolute atomic E-state index is 0.0678. The van der Waals surface area contributed by atoms with Gasteiger partial charge in [0.25, 0.3) is 5.56 Å². The summed E-state index contributed by atoms with van der Waals surface area (Å²) in [6, 6.07) is 12.2. The van der Waals surface area contributed by atoms with Crippen molar-refractivity contribution in [2.24, 2.45) is 0 Å². The SMILES string of the molecule is C=CCn1c(SCc2ccc3ccccc3n2)nc2sc3c(c2c1=O)CCC3. The van der Waals surface area contributed by atoms with E-state index in [9.17, 15) is 4.79 Å². The molecule has 0 saturated carbocycles. The molecule has 5 rings (SSSR count). The first kappa shape index (κ1) is 17.6. The molecule has 4 nitrogen and oxygen atoms in total. The summed E-state index contributed by atoms with van der Waals surface area (Å²) in [6.45, 7) is 4.30. The molecule has 0 aliphatic heterocycles. The van der Waals surface area contributed by atoms with Crippen molar-refractivity contribution in [1.29, 1.82) is 0 Å². The Kier molecular flexibility index (Phi) is 4.53. The fraction of sp³-hybridized carbons (Fsp3) is 0.227. The normalized spacial score (nSPS) is 13.3. The highest BCUT2D eigenvalue weighted by molar-refractivity contribution is 7.98. The lowest BCUT2D eigenvalue weighted by atomic mass is 10.2. The molecule has 0 saturated heterocycles. The van der Waals surface area contributed by atoms with Gasteiger partial charge in [-0.25, -0.2) is 4.98 Å². The molecular formula is C22H19N3OS2. The van der Waals surface area contributed by atoms with E-state index in [0.717, 1.165) is 51.2 Å². The van der Waals surface area contributed by atoms with Gasteiger partial charge in [-0.1, -0.05) is 42.1 Å². The Morgan fingerprint density at radius 3 is 2.96 bits per heavy atom. The number of thioether (sulfide) groups is 1. The first-order chi connectivity index (χ1) is 13.7. The van der Waals surface area contributed by atoms with Crippen molar-refractivity contribution in [2.75, 3.05) is 0 Å². The van der Waals surface area contributed by atoms with Gasteiger partial charge in [0.05, 0.1) is 16.6 Å². The van der Waals surface area contributed by atoms with Crippen LogP contribution in [0.5, 0.6) is 0 Å². The number of hydrogen-bond acceptors (Lipinski definition) is 5. The van der Waals surface area contributed by atoms with Crippen LogP contribution in [-0.4, -0.2) is 14.5 Å². The van der Waals surface area contributed by atoms with Crippen molar-refractivity contribution in [3.05, 3.63) is 75.5 Å². The second kappa shape index (κ2) is 7.18. The number of nitrogens with zero attached hydrogens (tertiary/aromatic N) is 3. The molecule has 140 valence electrons. The number of allylic oxidation sites excluding steroid dienone is 1. The highest BCUT2D eigenvalue weighted by Gasteiger charge is 2.23. The summed E-state index contributed by atoms with van der Waals surface area (Å²) < 4.78 is 1.76. The van der Waals surface area contributed by atoms with Crippen LogP contribution in [0.3, 0.4) is 0 Å². The van der Waals surface area contributed by atoms with Crippen molar-refractivity contribution in [1.82, 2.24) is 14.5 Å². The maximum absolute atomic E-state index is 13.2. The zero-order chi connectivity index (χ0) is 19.1. The van der Waals surface area contributed by atoms with E-state index in [0.29, 0.717) is 12.3 Å². The maximum atomic E-state index is 13.2. The van der Waals surface area contributed by atoms with E-state index in [1.807, 2.05) is 24.3 Å². The molecule has 1 aromatic carbocycles. The van der Waals surface area contributed by atoms with Crippen molar-refractivity contribution in [3.8, 4) is 0 Å². The van der Waals surface area contributed by atoms with Crippen LogP contribution in [0.1, 0.15) is 22.6 Å². The van der Waals surface area contributed by atoms with E-state index in [-0.39, 0.29) is 5.56 Å². The quantitative estimate of drug-likeness (QED) is 0.267. The molecule has 0 atom stereocenters. The number of aryl methyl sites for hydroxylation is 2. The molecule has 0 amide bonds. The molecule has 0 radical (unpaired) electrons. The predicted molar refractivity (Wildman–Crippen MR) is 117 cm³/mol. The minimum Gasteiger partial charge on any atom is -0.283 e. The average molecular weight is 406 g/mol. The van der Waals surface area contributed by atoms with E-state index in [4.69, 9.17) is 9.97 Å². The summed E-state index contributed by atoms with van der Waals surface area (Å²) in [6.07, 6.45) is 4.97. The fourth-order valence-electron chi connectivity index (χ4n) is 3.79. The van der Waals surface area contributed by atoms with Gasteiger partial charge in [-0.2, -0.15) is 0 Å². The lowest BCUT2D eigenvalue weighted by Gasteiger charge is -2.10. The van der Waals surface area contributed by atoms with Gasteiger partial charge < -0.3 is 0 Å². The first-order valence-electron chi connectivity index (χ1n) is 9.38. The lowest BCUT2D eigenvalue weighted by Crippen LogP contribution is -2.22. The largest absolute Gasteiger partial charge is 0.283 e. The van der Waals surface area contributed by atoms with Gasteiger partial charge in [0.15, 0.2) is 5.16 Å². The van der Waals surface area contributed by atoms with Crippen molar-refractivity contribution in [3.63, 3.8) is 0 Å². The molecule has 28 heavy (non-hydrogen) atoms. The molecule has 0 fully saturated rings. The fourth-order valence-corrected chi connectivity index (χ4v) is 6.00. The Bertz CT molecular complexity index is 1270. The van der Waals surface area contributed by atoms with Crippen molar-refractivity contribution < 1.29 is 0 Å². The standard InChI is InChI=1S/C22H19N3OS2/c1-2-12-25-21(26)19-16-7-5-9-18(16)28-20(19)24-22(25)27-13-15-11-10-14-6-3-4-8-17(14)23-15/h2-4,6,8,10-11H,1,5,7,9,12-13H2. The number of hydrogen-bond donors (Lipinski definition) is 0. The molecule has 0 bridgehead atoms. The number of pyridine rings is 1. The average Bonchev–Trinajstić information content (AvgIpc) is 3.29. The second-order valence-corrected chi connectivity index (χ2v) is 8.95. The molecular weight excluding hydrogens is 386 g/mol. The number of benzene rings is 1. The summed E-state index contributed by atoms with van der Waals surface area (Å²) >= 11 is 3.25. The number of fused-ring (bicyclic) bond motifs is 4. The molecule has 0 spiro atoms. The van der Waals surface area contributed by atoms with Crippen LogP contribution in [-0.2, 0) is 25.1 Å². The van der Waals surface area contributed by atoms with E-state index >= 15 is 0 Å². The van der Waals surface area contributed by atoms with Gasteiger partial charge in [-0.15, -0.1) is 17.9 Å². The van der Waals surface area contributed by atoms with Gasteiger partial charge in [-0.3, -0.25) is 14.3 Å². The van der Waals surface area contributed by atoms with E-state index in [1.165, 1.54) is 10.4 Å². The molecule has 1 aliphatic rings. The minimum atomic E-state index is 0.0678. The van der Waals surface area contributed by atoms with Gasteiger partial charge >= 0.3 is 0 Å². The highest BCUT2D eigenvalue weighted by atomic mass is 32.2. The van der Waals surface area contributed by atoms with E-state index in [1.54, 1.807) is 33.7 Å². The zero-order valence-corrected chi connectivity index (χ0v) is 17.0. The first-order valence-corrected chi connectivity index (χ1v) is 11.2. The van der Waals surface area contributed by atoms with Gasteiger partial charge in [0.2, 0.25) is 0 Å². The summed E-state index contributed by atoms with van der Waals surface area (Å²) in [5.74, 6) is 0.672. The van der Waals surface area contributed by atoms with Crippen LogP contribution < -0.4 is 5.56 Å². The number of thiophene rings is 1. The Morgan fingerprint density at radius 1 is 1.18 bits per heavy atom. The van der Waals surface area contributed by atoms with Crippen molar-refractivity contribution in [2.45, 2.75) is 36.7 Å². The van der Waals surface area contributed by atoms with Crippen LogP contribution >= 0.6 is 23.1 Å². The predicted octanol–water partition coefficient (Wildman–Crippen LogP) is 4.97. The molecule has 3 heterocycles. The molecule has 6 heteroatoms. The van der Waals surface area contributed by atoms with Crippen LogP contribution in [0.4, 0.5) is 0 Å². The summed E-state index contributed by atoms with van der Waals surface area (Å²) in [4.78, 5) is 25.0. The van der Waals surface area contributed by atoms with Crippen LogP contribution in [0.15, 0.2) is 59.0 Å². The topological polar surface area (TPSA) is 47.8 Å². The summed E-state index contributed by atoms with van der Waals surface area (Å²) in [5, 5.41) is 2.70. The maximum Gasteiger partial charge on any atom is 0.263 e. The molecule has 3 aromatic heterocycles. The van der Waals surface area contributed by atoms with Crippen LogP contribution in [0.25, 0.3) is 21.1 Å². The lowest BCUT2D eigenvalue weighted by molar-refractivity contribution is 0.672. The van der Waals surface area contributed by atoms with Gasteiger partial charge in [0, 0.05) is 22.6 Å². The third-order valence-corrected chi connectivity index (χ3v) is 7.30. The Labute approximate surface area is 171 Å². The Balaban J connectivity index is 1.53. The zero-order valence-electron chi connectivity index (χ0n) is 15.4. The summed E-state index contributed by atoms with van der Waals surface area (Å²) in [7, 11) is 0. The number of para-hydroxylation sites is 1. The monoisotopic (exact) mass is 405 g/mol. The van der Waals surface area contributed by atoms with Crippen LogP contribution in [0.2, 0.25) is 0 Å². The Morgan fingerprint density at radius 2 is 2.07 bits per heavy atom. The number of aromatic nitrogens is 3. The van der Waals surface area contributed by atoms with Crippen molar-refractivity contribution >= 4 is 44.2 Å². The van der Waals surface area contributed by atoms with Gasteiger partial charge in [-0.05, 0) is 37.0 Å².